The number of para-hydroxylation sites is 1. The van der Waals surface area contributed by atoms with Gasteiger partial charge in [-0.1, -0.05) is 18.2 Å². The Labute approximate surface area is 109 Å². The van der Waals surface area contributed by atoms with Gasteiger partial charge in [-0.25, -0.2) is 0 Å². The molecule has 1 saturated heterocycles. The third kappa shape index (κ3) is 2.60. The molecule has 1 atom stereocenters. The minimum Gasteiger partial charge on any atom is -0.301 e. The standard InChI is InChI=1S/C12H13N3O4/c1-14-11(16)6-9(12(14)17)13-7-8-4-2-3-5-10(8)15(18)19/h2-5,9,13H,6-7H2,1H3. The largest absolute Gasteiger partial charge is 0.301 e. The molecule has 0 radical (unpaired) electrons. The maximum atomic E-state index is 11.7. The van der Waals surface area contributed by atoms with E-state index in [1.807, 2.05) is 0 Å². The van der Waals surface area contributed by atoms with Crippen LogP contribution in [0.4, 0.5) is 5.69 Å². The highest BCUT2D eigenvalue weighted by Crippen LogP contribution is 2.18. The summed E-state index contributed by atoms with van der Waals surface area (Å²) in [4.78, 5) is 34.4. The highest BCUT2D eigenvalue weighted by atomic mass is 16.6. The molecule has 0 bridgehead atoms. The third-order valence-electron chi connectivity index (χ3n) is 3.11. The molecule has 7 nitrogen and oxygen atoms in total. The van der Waals surface area contributed by atoms with Gasteiger partial charge in [0.1, 0.15) is 0 Å². The van der Waals surface area contributed by atoms with Crippen LogP contribution in [0.15, 0.2) is 24.3 Å². The third-order valence-corrected chi connectivity index (χ3v) is 3.11. The summed E-state index contributed by atoms with van der Waals surface area (Å²) in [6.45, 7) is 0.175. The van der Waals surface area contributed by atoms with Crippen molar-refractivity contribution in [3.8, 4) is 0 Å². The Kier molecular flexibility index (Phi) is 3.57. The molecule has 100 valence electrons. The Balaban J connectivity index is 2.06. The molecule has 0 spiro atoms. The number of carbonyl (C=O) groups excluding carboxylic acids is 2. The molecule has 2 rings (SSSR count). The lowest BCUT2D eigenvalue weighted by molar-refractivity contribution is -0.385. The number of imide groups is 1. The van der Waals surface area contributed by atoms with E-state index in [9.17, 15) is 19.7 Å². The number of nitrogens with one attached hydrogen (secondary N) is 1. The second-order valence-corrected chi connectivity index (χ2v) is 4.31. The number of likely N-dealkylation sites (N-methyl/N-ethyl adjacent to an activating group) is 1. The molecule has 7 heteroatoms. The molecule has 1 unspecified atom stereocenters. The summed E-state index contributed by atoms with van der Waals surface area (Å²) in [6.07, 6.45) is 0.0932. The van der Waals surface area contributed by atoms with Crippen molar-refractivity contribution in [3.63, 3.8) is 0 Å². The molecular weight excluding hydrogens is 250 g/mol. The van der Waals surface area contributed by atoms with E-state index >= 15 is 0 Å². The topological polar surface area (TPSA) is 92.6 Å². The molecule has 2 amide bonds. The van der Waals surface area contributed by atoms with E-state index in [0.29, 0.717) is 5.56 Å². The van der Waals surface area contributed by atoms with Crippen molar-refractivity contribution in [1.29, 1.82) is 0 Å². The van der Waals surface area contributed by atoms with Crippen molar-refractivity contribution in [2.75, 3.05) is 7.05 Å². The fraction of sp³-hybridized carbons (Fsp3) is 0.333. The molecule has 19 heavy (non-hydrogen) atoms. The van der Waals surface area contributed by atoms with E-state index in [1.54, 1.807) is 18.2 Å². The molecule has 0 aliphatic carbocycles. The molecule has 1 N–H and O–H groups in total. The first-order valence-corrected chi connectivity index (χ1v) is 5.77. The van der Waals surface area contributed by atoms with Crippen LogP contribution in [0.25, 0.3) is 0 Å². The number of benzene rings is 1. The maximum Gasteiger partial charge on any atom is 0.273 e. The number of amides is 2. The fourth-order valence-corrected chi connectivity index (χ4v) is 1.99. The van der Waals surface area contributed by atoms with Gasteiger partial charge < -0.3 is 5.32 Å². The summed E-state index contributed by atoms with van der Waals surface area (Å²) in [7, 11) is 1.43. The zero-order chi connectivity index (χ0) is 14.0. The summed E-state index contributed by atoms with van der Waals surface area (Å²) in [5.74, 6) is -0.548. The number of likely N-dealkylation sites (tertiary alicyclic amines) is 1. The summed E-state index contributed by atoms with van der Waals surface area (Å²) >= 11 is 0. The average Bonchev–Trinajstić information content (AvgIpc) is 2.64. The number of nitrogens with zero attached hydrogens (tertiary/aromatic N) is 2. The van der Waals surface area contributed by atoms with Crippen molar-refractivity contribution in [2.45, 2.75) is 19.0 Å². The molecular formula is C12H13N3O4. The number of hydrogen-bond acceptors (Lipinski definition) is 5. The number of nitro benzene ring substituents is 1. The van der Waals surface area contributed by atoms with Crippen LogP contribution < -0.4 is 5.32 Å². The Hall–Kier alpha value is -2.28. The lowest BCUT2D eigenvalue weighted by atomic mass is 10.1. The van der Waals surface area contributed by atoms with Gasteiger partial charge in [-0.15, -0.1) is 0 Å². The van der Waals surface area contributed by atoms with Gasteiger partial charge in [-0.3, -0.25) is 24.6 Å². The van der Waals surface area contributed by atoms with Gasteiger partial charge in [0.2, 0.25) is 11.8 Å². The maximum absolute atomic E-state index is 11.7. The summed E-state index contributed by atoms with van der Waals surface area (Å²) in [5, 5.41) is 13.7. The van der Waals surface area contributed by atoms with Crippen LogP contribution in [-0.4, -0.2) is 34.7 Å². The molecule has 1 fully saturated rings. The zero-order valence-electron chi connectivity index (χ0n) is 10.3. The van der Waals surface area contributed by atoms with E-state index in [0.717, 1.165) is 4.90 Å². The monoisotopic (exact) mass is 263 g/mol. The van der Waals surface area contributed by atoms with Crippen molar-refractivity contribution < 1.29 is 14.5 Å². The molecule has 1 aliphatic heterocycles. The summed E-state index contributed by atoms with van der Waals surface area (Å²) < 4.78 is 0. The van der Waals surface area contributed by atoms with E-state index in [-0.39, 0.29) is 30.5 Å². The Morgan fingerprint density at radius 3 is 2.68 bits per heavy atom. The van der Waals surface area contributed by atoms with Crippen LogP contribution in [0, 0.1) is 10.1 Å². The average molecular weight is 263 g/mol. The highest BCUT2D eigenvalue weighted by molar-refractivity contribution is 6.05. The normalized spacial score (nSPS) is 19.0. The van der Waals surface area contributed by atoms with Crippen LogP contribution in [0.1, 0.15) is 12.0 Å². The van der Waals surface area contributed by atoms with Crippen molar-refractivity contribution in [3.05, 3.63) is 39.9 Å². The zero-order valence-corrected chi connectivity index (χ0v) is 10.3. The van der Waals surface area contributed by atoms with E-state index in [4.69, 9.17) is 0 Å². The minimum atomic E-state index is -0.600. The van der Waals surface area contributed by atoms with Crippen molar-refractivity contribution in [1.82, 2.24) is 10.2 Å². The first-order chi connectivity index (χ1) is 9.00. The fourth-order valence-electron chi connectivity index (χ4n) is 1.99. The van der Waals surface area contributed by atoms with Crippen LogP contribution in [0.2, 0.25) is 0 Å². The number of nitro groups is 1. The quantitative estimate of drug-likeness (QED) is 0.483. The second-order valence-electron chi connectivity index (χ2n) is 4.31. The van der Waals surface area contributed by atoms with Gasteiger partial charge in [-0.05, 0) is 0 Å². The SMILES string of the molecule is CN1C(=O)CC(NCc2ccccc2[N+](=O)[O-])C1=O. The van der Waals surface area contributed by atoms with E-state index < -0.39 is 11.0 Å². The smallest absolute Gasteiger partial charge is 0.273 e. The highest BCUT2D eigenvalue weighted by Gasteiger charge is 2.35. The van der Waals surface area contributed by atoms with Crippen LogP contribution in [0.3, 0.4) is 0 Å². The Bertz CT molecular complexity index is 544. The first-order valence-electron chi connectivity index (χ1n) is 5.77. The molecule has 1 aromatic carbocycles. The Morgan fingerprint density at radius 2 is 2.11 bits per heavy atom. The van der Waals surface area contributed by atoms with Gasteiger partial charge in [0.15, 0.2) is 0 Å². The van der Waals surface area contributed by atoms with Gasteiger partial charge >= 0.3 is 0 Å². The van der Waals surface area contributed by atoms with Gasteiger partial charge in [0, 0.05) is 25.2 Å². The Morgan fingerprint density at radius 1 is 1.42 bits per heavy atom. The second kappa shape index (κ2) is 5.15. The first kappa shape index (κ1) is 13.2. The predicted octanol–water partition coefficient (Wildman–Crippen LogP) is 0.442. The molecule has 1 aromatic rings. The lowest BCUT2D eigenvalue weighted by Crippen LogP contribution is -2.36. The molecule has 1 aliphatic rings. The predicted molar refractivity (Wildman–Crippen MR) is 66.1 cm³/mol. The van der Waals surface area contributed by atoms with E-state index in [2.05, 4.69) is 5.32 Å². The van der Waals surface area contributed by atoms with Gasteiger partial charge in [0.05, 0.1) is 17.4 Å². The number of hydrogen-bond donors (Lipinski definition) is 1. The molecule has 0 aromatic heterocycles. The lowest BCUT2D eigenvalue weighted by Gasteiger charge is -2.11. The molecule has 1 heterocycles. The molecule has 0 saturated carbocycles. The summed E-state index contributed by atoms with van der Waals surface area (Å²) in [6, 6.07) is 5.70. The number of rotatable bonds is 4. The van der Waals surface area contributed by atoms with Crippen molar-refractivity contribution >= 4 is 17.5 Å². The van der Waals surface area contributed by atoms with Crippen molar-refractivity contribution in [2.24, 2.45) is 0 Å². The van der Waals surface area contributed by atoms with Gasteiger partial charge in [0.25, 0.3) is 5.69 Å². The number of carbonyl (C=O) groups is 2. The summed E-state index contributed by atoms with van der Waals surface area (Å²) in [5.41, 5.74) is 0.488. The van der Waals surface area contributed by atoms with Gasteiger partial charge in [-0.2, -0.15) is 0 Å². The van der Waals surface area contributed by atoms with Crippen LogP contribution in [0.5, 0.6) is 0 Å². The van der Waals surface area contributed by atoms with Crippen LogP contribution in [-0.2, 0) is 16.1 Å². The minimum absolute atomic E-state index is 0.000118. The van der Waals surface area contributed by atoms with E-state index in [1.165, 1.54) is 13.1 Å². The van der Waals surface area contributed by atoms with Crippen LogP contribution >= 0.6 is 0 Å².